The minimum atomic E-state index is -1.11. The highest BCUT2D eigenvalue weighted by Crippen LogP contribution is 2.21. The van der Waals surface area contributed by atoms with E-state index in [0.29, 0.717) is 43.6 Å². The maximum absolute atomic E-state index is 11.9. The zero-order chi connectivity index (χ0) is 25.4. The molecule has 36 heavy (non-hydrogen) atoms. The van der Waals surface area contributed by atoms with Crippen LogP contribution in [0.2, 0.25) is 5.02 Å². The average molecular weight is 513 g/mol. The van der Waals surface area contributed by atoms with Crippen LogP contribution in [0.15, 0.2) is 71.7 Å². The van der Waals surface area contributed by atoms with E-state index < -0.39 is 5.60 Å². The van der Waals surface area contributed by atoms with Gasteiger partial charge in [-0.05, 0) is 60.9 Å². The maximum atomic E-state index is 11.9. The van der Waals surface area contributed by atoms with E-state index >= 15 is 0 Å². The van der Waals surface area contributed by atoms with E-state index in [1.807, 2.05) is 43.5 Å². The van der Waals surface area contributed by atoms with Crippen LogP contribution in [0.3, 0.4) is 0 Å². The molecule has 1 saturated heterocycles. The number of ether oxygens (including phenoxy) is 3. The zero-order valence-electron chi connectivity index (χ0n) is 20.6. The summed E-state index contributed by atoms with van der Waals surface area (Å²) < 4.78 is 19.1. The Labute approximate surface area is 216 Å². The minimum Gasteiger partial charge on any atom is -0.494 e. The number of halogens is 1. The largest absolute Gasteiger partial charge is 0.494 e. The Kier molecular flexibility index (Phi) is 9.04. The van der Waals surface area contributed by atoms with Crippen molar-refractivity contribution < 1.29 is 19.3 Å². The SMILES string of the molecule is Cc1ccc(=O)n(CCCOc2ccc(CN3CCOCC(O)(COc4ccc(Cl)cc4)C3)cc2)c1. The molecule has 2 heterocycles. The predicted molar refractivity (Wildman–Crippen MR) is 140 cm³/mol. The van der Waals surface area contributed by atoms with Crippen LogP contribution in [0, 0.1) is 6.92 Å². The minimum absolute atomic E-state index is 0.00676. The molecule has 2 aromatic carbocycles. The average Bonchev–Trinajstić information content (AvgIpc) is 3.05. The fourth-order valence-electron chi connectivity index (χ4n) is 4.17. The van der Waals surface area contributed by atoms with Gasteiger partial charge in [0.15, 0.2) is 0 Å². The number of β-amino-alcohol motifs (C(OH)–C–C–N with tert-alkyl or cyclic N) is 1. The predicted octanol–water partition coefficient (Wildman–Crippen LogP) is 3.92. The van der Waals surface area contributed by atoms with Crippen molar-refractivity contribution in [2.45, 2.75) is 32.0 Å². The lowest BCUT2D eigenvalue weighted by Crippen LogP contribution is -2.48. The van der Waals surface area contributed by atoms with Crippen LogP contribution < -0.4 is 15.0 Å². The third-order valence-electron chi connectivity index (χ3n) is 6.03. The van der Waals surface area contributed by atoms with Crippen LogP contribution >= 0.6 is 11.6 Å². The smallest absolute Gasteiger partial charge is 0.250 e. The third-order valence-corrected chi connectivity index (χ3v) is 6.29. The second-order valence-electron chi connectivity index (χ2n) is 9.31. The van der Waals surface area contributed by atoms with Gasteiger partial charge in [-0.3, -0.25) is 9.69 Å². The fourth-order valence-corrected chi connectivity index (χ4v) is 4.29. The Hall–Kier alpha value is -2.84. The molecule has 0 aliphatic carbocycles. The van der Waals surface area contributed by atoms with Crippen molar-refractivity contribution in [3.63, 3.8) is 0 Å². The van der Waals surface area contributed by atoms with Gasteiger partial charge in [0.25, 0.3) is 5.56 Å². The summed E-state index contributed by atoms with van der Waals surface area (Å²) in [6.07, 6.45) is 2.62. The molecule has 1 fully saturated rings. The number of pyridine rings is 1. The van der Waals surface area contributed by atoms with E-state index in [0.717, 1.165) is 29.8 Å². The molecule has 1 aromatic heterocycles. The van der Waals surface area contributed by atoms with Gasteiger partial charge < -0.3 is 23.9 Å². The van der Waals surface area contributed by atoms with Crippen molar-refractivity contribution >= 4 is 11.6 Å². The molecule has 7 nitrogen and oxygen atoms in total. The summed E-state index contributed by atoms with van der Waals surface area (Å²) in [6, 6.07) is 18.5. The standard InChI is InChI=1S/C28H33ClN2O5/c1-22-3-12-27(32)31(17-22)13-2-15-35-25-8-4-23(5-9-25)18-30-14-16-34-20-28(33,19-30)21-36-26-10-6-24(29)7-11-26/h3-12,17,33H,2,13-16,18-21H2,1H3. The van der Waals surface area contributed by atoms with E-state index in [9.17, 15) is 9.90 Å². The first kappa shape index (κ1) is 26.2. The first-order valence-electron chi connectivity index (χ1n) is 12.2. The summed E-state index contributed by atoms with van der Waals surface area (Å²) in [5, 5.41) is 11.8. The lowest BCUT2D eigenvalue weighted by molar-refractivity contribution is -0.0646. The van der Waals surface area contributed by atoms with Crippen molar-refractivity contribution in [1.29, 1.82) is 0 Å². The molecular formula is C28H33ClN2O5. The first-order chi connectivity index (χ1) is 17.4. The molecule has 0 amide bonds. The number of aromatic nitrogens is 1. The normalized spacial score (nSPS) is 18.5. The number of aliphatic hydroxyl groups is 1. The van der Waals surface area contributed by atoms with Gasteiger partial charge in [-0.2, -0.15) is 0 Å². The highest BCUT2D eigenvalue weighted by molar-refractivity contribution is 6.30. The summed E-state index contributed by atoms with van der Waals surface area (Å²) in [4.78, 5) is 14.1. The second-order valence-corrected chi connectivity index (χ2v) is 9.75. The van der Waals surface area contributed by atoms with Gasteiger partial charge in [-0.1, -0.05) is 29.8 Å². The molecule has 192 valence electrons. The summed E-state index contributed by atoms with van der Waals surface area (Å²) in [6.45, 7) is 5.88. The summed E-state index contributed by atoms with van der Waals surface area (Å²) in [5.41, 5.74) is 1.08. The Morgan fingerprint density at radius 3 is 2.53 bits per heavy atom. The van der Waals surface area contributed by atoms with E-state index in [4.69, 9.17) is 25.8 Å². The van der Waals surface area contributed by atoms with Crippen LogP contribution in [0.1, 0.15) is 17.5 Å². The van der Waals surface area contributed by atoms with Gasteiger partial charge in [0, 0.05) is 43.5 Å². The summed E-state index contributed by atoms with van der Waals surface area (Å²) >= 11 is 5.93. The monoisotopic (exact) mass is 512 g/mol. The molecule has 8 heteroatoms. The topological polar surface area (TPSA) is 73.2 Å². The quantitative estimate of drug-likeness (QED) is 0.415. The molecule has 0 spiro atoms. The molecule has 1 unspecified atom stereocenters. The van der Waals surface area contributed by atoms with E-state index in [-0.39, 0.29) is 18.8 Å². The van der Waals surface area contributed by atoms with Crippen molar-refractivity contribution in [2.75, 3.05) is 39.5 Å². The fraction of sp³-hybridized carbons (Fsp3) is 0.393. The van der Waals surface area contributed by atoms with Crippen LogP contribution in [-0.4, -0.2) is 59.7 Å². The third kappa shape index (κ3) is 7.83. The van der Waals surface area contributed by atoms with Gasteiger partial charge in [-0.25, -0.2) is 0 Å². The number of aryl methyl sites for hydroxylation is 2. The van der Waals surface area contributed by atoms with Crippen LogP contribution in [0.25, 0.3) is 0 Å². The van der Waals surface area contributed by atoms with E-state index in [1.165, 1.54) is 0 Å². The lowest BCUT2D eigenvalue weighted by atomic mass is 10.1. The van der Waals surface area contributed by atoms with Crippen molar-refractivity contribution in [3.05, 3.63) is 93.4 Å². The summed E-state index contributed by atoms with van der Waals surface area (Å²) in [5.74, 6) is 1.45. The number of rotatable bonds is 10. The Balaban J connectivity index is 1.24. The van der Waals surface area contributed by atoms with Crippen LogP contribution in [0.5, 0.6) is 11.5 Å². The molecule has 1 aliphatic heterocycles. The molecule has 0 saturated carbocycles. The number of benzene rings is 2. The van der Waals surface area contributed by atoms with Crippen molar-refractivity contribution in [1.82, 2.24) is 9.47 Å². The van der Waals surface area contributed by atoms with Crippen LogP contribution in [-0.2, 0) is 17.8 Å². The molecule has 3 aromatic rings. The van der Waals surface area contributed by atoms with Crippen molar-refractivity contribution in [3.8, 4) is 11.5 Å². The van der Waals surface area contributed by atoms with Gasteiger partial charge in [0.2, 0.25) is 0 Å². The number of hydrogen-bond acceptors (Lipinski definition) is 6. The Bertz CT molecular complexity index is 1170. The highest BCUT2D eigenvalue weighted by atomic mass is 35.5. The van der Waals surface area contributed by atoms with Gasteiger partial charge in [0.05, 0.1) is 19.8 Å². The molecule has 0 radical (unpaired) electrons. The second kappa shape index (κ2) is 12.4. The Morgan fingerprint density at radius 1 is 1.03 bits per heavy atom. The van der Waals surface area contributed by atoms with Crippen molar-refractivity contribution in [2.24, 2.45) is 0 Å². The molecular weight excluding hydrogens is 480 g/mol. The number of hydrogen-bond donors (Lipinski definition) is 1. The molecule has 1 atom stereocenters. The first-order valence-corrected chi connectivity index (χ1v) is 12.6. The van der Waals surface area contributed by atoms with Gasteiger partial charge in [0.1, 0.15) is 23.7 Å². The highest BCUT2D eigenvalue weighted by Gasteiger charge is 2.33. The molecule has 1 N–H and O–H groups in total. The molecule has 1 aliphatic rings. The van der Waals surface area contributed by atoms with E-state index in [1.54, 1.807) is 34.9 Å². The van der Waals surface area contributed by atoms with Gasteiger partial charge in [-0.15, -0.1) is 0 Å². The summed E-state index contributed by atoms with van der Waals surface area (Å²) in [7, 11) is 0. The number of nitrogens with zero attached hydrogens (tertiary/aromatic N) is 2. The Morgan fingerprint density at radius 2 is 1.75 bits per heavy atom. The van der Waals surface area contributed by atoms with Gasteiger partial charge >= 0.3 is 0 Å². The van der Waals surface area contributed by atoms with E-state index in [2.05, 4.69) is 4.90 Å². The molecule has 0 bridgehead atoms. The maximum Gasteiger partial charge on any atom is 0.250 e. The molecule has 4 rings (SSSR count). The lowest BCUT2D eigenvalue weighted by Gasteiger charge is -2.30. The van der Waals surface area contributed by atoms with Crippen LogP contribution in [0.4, 0.5) is 0 Å². The zero-order valence-corrected chi connectivity index (χ0v) is 21.3.